The molecule has 0 fully saturated rings. The van der Waals surface area contributed by atoms with Gasteiger partial charge in [0.05, 0.1) is 0 Å². The summed E-state index contributed by atoms with van der Waals surface area (Å²) in [5.41, 5.74) is 0.251. The first kappa shape index (κ1) is 16.7. The maximum Gasteiger partial charge on any atom is 0.412 e. The summed E-state index contributed by atoms with van der Waals surface area (Å²) < 4.78 is 44.8. The molecule has 3 rings (SSSR count). The summed E-state index contributed by atoms with van der Waals surface area (Å²) >= 11 is 0. The summed E-state index contributed by atoms with van der Waals surface area (Å²) in [6, 6.07) is 10.5. The largest absolute Gasteiger partial charge is 0.412 e. The van der Waals surface area contributed by atoms with Crippen LogP contribution in [0.1, 0.15) is 22.1 Å². The molecule has 1 aromatic carbocycles. The minimum absolute atomic E-state index is 0.171. The van der Waals surface area contributed by atoms with Gasteiger partial charge in [-0.25, -0.2) is 0 Å². The number of carbonyl (C=O) groups excluding carboxylic acids is 1. The molecule has 25 heavy (non-hydrogen) atoms. The number of benzene rings is 1. The van der Waals surface area contributed by atoms with Crippen molar-refractivity contribution in [2.45, 2.75) is 12.2 Å². The molecule has 0 bridgehead atoms. The van der Waals surface area contributed by atoms with Crippen LogP contribution in [0, 0.1) is 0 Å². The summed E-state index contributed by atoms with van der Waals surface area (Å²) in [6.45, 7) is 0. The van der Waals surface area contributed by atoms with Crippen molar-refractivity contribution in [3.63, 3.8) is 0 Å². The number of pyridine rings is 1. The third-order valence-corrected chi connectivity index (χ3v) is 3.42. The van der Waals surface area contributed by atoms with Crippen molar-refractivity contribution >= 4 is 5.91 Å². The number of hydrogen-bond acceptors (Lipinski definition) is 4. The molecule has 0 spiro atoms. The van der Waals surface area contributed by atoms with Crippen LogP contribution in [0.5, 0.6) is 0 Å². The molecule has 0 aliphatic carbocycles. The Labute approximate surface area is 140 Å². The van der Waals surface area contributed by atoms with Crippen LogP contribution in [0.4, 0.5) is 13.2 Å². The maximum absolute atomic E-state index is 13.3. The van der Waals surface area contributed by atoms with Gasteiger partial charge in [-0.2, -0.15) is 13.2 Å². The van der Waals surface area contributed by atoms with Gasteiger partial charge in [-0.1, -0.05) is 41.6 Å². The number of halogens is 3. The molecule has 8 heteroatoms. The maximum atomic E-state index is 13.3. The highest BCUT2D eigenvalue weighted by Crippen LogP contribution is 2.32. The SMILES string of the molecule is O=C(N[C@@H](c1cccnc1)C(F)(F)F)c1cc(-c2ccccc2)on1. The molecule has 0 aliphatic rings. The van der Waals surface area contributed by atoms with Crippen LogP contribution >= 0.6 is 0 Å². The van der Waals surface area contributed by atoms with Gasteiger partial charge in [0, 0.05) is 29.6 Å². The van der Waals surface area contributed by atoms with Gasteiger partial charge in [0.2, 0.25) is 0 Å². The van der Waals surface area contributed by atoms with Crippen LogP contribution in [-0.2, 0) is 0 Å². The summed E-state index contributed by atoms with van der Waals surface area (Å²) in [7, 11) is 0. The average molecular weight is 347 g/mol. The van der Waals surface area contributed by atoms with Crippen molar-refractivity contribution in [1.82, 2.24) is 15.5 Å². The Morgan fingerprint density at radius 3 is 2.52 bits per heavy atom. The smallest absolute Gasteiger partial charge is 0.355 e. The van der Waals surface area contributed by atoms with E-state index >= 15 is 0 Å². The Morgan fingerprint density at radius 2 is 1.88 bits per heavy atom. The Kier molecular flexibility index (Phi) is 4.51. The highest BCUT2D eigenvalue weighted by atomic mass is 19.4. The van der Waals surface area contributed by atoms with Crippen LogP contribution in [0.2, 0.25) is 0 Å². The fourth-order valence-corrected chi connectivity index (χ4v) is 2.23. The second-order valence-electron chi connectivity index (χ2n) is 5.18. The van der Waals surface area contributed by atoms with Crippen molar-refractivity contribution in [2.75, 3.05) is 0 Å². The second-order valence-corrected chi connectivity index (χ2v) is 5.18. The number of nitrogens with zero attached hydrogens (tertiary/aromatic N) is 2. The predicted molar refractivity (Wildman–Crippen MR) is 82.4 cm³/mol. The van der Waals surface area contributed by atoms with E-state index in [0.717, 1.165) is 6.20 Å². The van der Waals surface area contributed by atoms with Crippen molar-refractivity contribution in [3.8, 4) is 11.3 Å². The molecule has 128 valence electrons. The summed E-state index contributed by atoms with van der Waals surface area (Å²) in [5.74, 6) is -0.701. The molecule has 1 N–H and O–H groups in total. The minimum atomic E-state index is -4.68. The van der Waals surface area contributed by atoms with Crippen LogP contribution in [0.3, 0.4) is 0 Å². The van der Waals surface area contributed by atoms with Gasteiger partial charge < -0.3 is 9.84 Å². The molecule has 5 nitrogen and oxygen atoms in total. The molecule has 3 aromatic rings. The standard InChI is InChI=1S/C17H12F3N3O2/c18-17(19,20)15(12-7-4-8-21-10-12)22-16(24)13-9-14(25-23-13)11-5-2-1-3-6-11/h1-10,15H,(H,22,24)/t15-/m0/s1. The quantitative estimate of drug-likeness (QED) is 0.780. The lowest BCUT2D eigenvalue weighted by atomic mass is 10.1. The van der Waals surface area contributed by atoms with Crippen molar-refractivity contribution in [2.24, 2.45) is 0 Å². The number of carbonyl (C=O) groups is 1. The number of rotatable bonds is 4. The fourth-order valence-electron chi connectivity index (χ4n) is 2.23. The zero-order chi connectivity index (χ0) is 17.9. The summed E-state index contributed by atoms with van der Waals surface area (Å²) in [6.07, 6.45) is -2.27. The normalized spacial score (nSPS) is 12.6. The average Bonchev–Trinajstić information content (AvgIpc) is 3.10. The Balaban J connectivity index is 1.82. The molecular formula is C17H12F3N3O2. The van der Waals surface area contributed by atoms with Gasteiger partial charge >= 0.3 is 6.18 Å². The molecule has 0 radical (unpaired) electrons. The Morgan fingerprint density at radius 1 is 1.12 bits per heavy atom. The minimum Gasteiger partial charge on any atom is -0.355 e. The summed E-state index contributed by atoms with van der Waals surface area (Å²) in [4.78, 5) is 15.8. The van der Waals surface area contributed by atoms with Gasteiger partial charge in [-0.05, 0) is 6.07 Å². The van der Waals surface area contributed by atoms with E-state index in [-0.39, 0.29) is 17.0 Å². The molecule has 1 amide bonds. The zero-order valence-corrected chi connectivity index (χ0v) is 12.7. The third-order valence-electron chi connectivity index (χ3n) is 3.42. The molecule has 0 saturated heterocycles. The lowest BCUT2D eigenvalue weighted by molar-refractivity contribution is -0.155. The van der Waals surface area contributed by atoms with Crippen LogP contribution < -0.4 is 5.32 Å². The number of aromatic nitrogens is 2. The number of alkyl halides is 3. The predicted octanol–water partition coefficient (Wildman–Crippen LogP) is 3.77. The first-order chi connectivity index (χ1) is 11.9. The Bertz CT molecular complexity index is 848. The Hall–Kier alpha value is -3.16. The van der Waals surface area contributed by atoms with Gasteiger partial charge in [-0.15, -0.1) is 0 Å². The van der Waals surface area contributed by atoms with E-state index in [1.165, 1.54) is 24.4 Å². The first-order valence-electron chi connectivity index (χ1n) is 7.25. The van der Waals surface area contributed by atoms with Gasteiger partial charge in [0.15, 0.2) is 17.5 Å². The van der Waals surface area contributed by atoms with E-state index in [9.17, 15) is 18.0 Å². The van der Waals surface area contributed by atoms with E-state index in [1.807, 2.05) is 5.32 Å². The van der Waals surface area contributed by atoms with Crippen LogP contribution in [0.15, 0.2) is 65.4 Å². The third kappa shape index (κ3) is 3.85. The van der Waals surface area contributed by atoms with Gasteiger partial charge in [0.1, 0.15) is 0 Å². The topological polar surface area (TPSA) is 68.0 Å². The van der Waals surface area contributed by atoms with E-state index in [1.54, 1.807) is 30.3 Å². The second kappa shape index (κ2) is 6.76. The van der Waals surface area contributed by atoms with Crippen LogP contribution in [0.25, 0.3) is 11.3 Å². The van der Waals surface area contributed by atoms with Crippen molar-refractivity contribution in [1.29, 1.82) is 0 Å². The van der Waals surface area contributed by atoms with E-state index in [0.29, 0.717) is 5.56 Å². The van der Waals surface area contributed by atoms with Crippen molar-refractivity contribution in [3.05, 3.63) is 72.2 Å². The molecule has 2 heterocycles. The summed E-state index contributed by atoms with van der Waals surface area (Å²) in [5, 5.41) is 5.48. The van der Waals surface area contributed by atoms with E-state index < -0.39 is 18.1 Å². The number of hydrogen-bond donors (Lipinski definition) is 1. The lowest BCUT2D eigenvalue weighted by Crippen LogP contribution is -2.38. The molecule has 2 aromatic heterocycles. The highest BCUT2D eigenvalue weighted by Gasteiger charge is 2.42. The number of amides is 1. The van der Waals surface area contributed by atoms with E-state index in [2.05, 4.69) is 10.1 Å². The van der Waals surface area contributed by atoms with Gasteiger partial charge in [-0.3, -0.25) is 9.78 Å². The molecular weight excluding hydrogens is 335 g/mol. The number of nitrogens with one attached hydrogen (secondary N) is 1. The van der Waals surface area contributed by atoms with E-state index in [4.69, 9.17) is 4.52 Å². The molecule has 0 unspecified atom stereocenters. The molecule has 0 aliphatic heterocycles. The van der Waals surface area contributed by atoms with Crippen LogP contribution in [-0.4, -0.2) is 22.2 Å². The highest BCUT2D eigenvalue weighted by molar-refractivity contribution is 5.93. The van der Waals surface area contributed by atoms with Gasteiger partial charge in [0.25, 0.3) is 5.91 Å². The zero-order valence-electron chi connectivity index (χ0n) is 12.7. The fraction of sp³-hybridized carbons (Fsp3) is 0.118. The monoisotopic (exact) mass is 347 g/mol. The lowest BCUT2D eigenvalue weighted by Gasteiger charge is -2.21. The molecule has 0 saturated carbocycles. The van der Waals surface area contributed by atoms with Crippen molar-refractivity contribution < 1.29 is 22.5 Å². The first-order valence-corrected chi connectivity index (χ1v) is 7.25. The molecule has 1 atom stereocenters.